The summed E-state index contributed by atoms with van der Waals surface area (Å²) in [5.41, 5.74) is 1.51. The third kappa shape index (κ3) is 3.52. The van der Waals surface area contributed by atoms with E-state index in [1.165, 1.54) is 11.8 Å². The Labute approximate surface area is 160 Å². The zero-order valence-corrected chi connectivity index (χ0v) is 15.3. The van der Waals surface area contributed by atoms with Crippen molar-refractivity contribution in [1.82, 2.24) is 5.32 Å². The molecule has 0 spiro atoms. The minimum atomic E-state index is -0.201. The van der Waals surface area contributed by atoms with Gasteiger partial charge in [0.25, 0.3) is 5.91 Å². The van der Waals surface area contributed by atoms with Gasteiger partial charge in [0, 0.05) is 5.56 Å². The van der Waals surface area contributed by atoms with E-state index in [1.54, 1.807) is 31.4 Å². The lowest BCUT2D eigenvalue weighted by Gasteiger charge is -2.09. The molecule has 1 saturated heterocycles. The molecular weight excluding hydrogens is 360 g/mol. The average Bonchev–Trinajstić information content (AvgIpc) is 3.03. The van der Waals surface area contributed by atoms with Crippen molar-refractivity contribution in [2.45, 2.75) is 0 Å². The second-order valence-electron chi connectivity index (χ2n) is 5.90. The molecule has 1 fully saturated rings. The minimum absolute atomic E-state index is 0.172. The molecule has 3 aromatic carbocycles. The predicted octanol–water partition coefficient (Wildman–Crippen LogP) is 4.45. The first-order valence-corrected chi connectivity index (χ1v) is 9.10. The van der Waals surface area contributed by atoms with Crippen LogP contribution in [0, 0.1) is 0 Å². The number of thioether (sulfide) groups is 1. The molecule has 0 aromatic heterocycles. The van der Waals surface area contributed by atoms with E-state index in [0.717, 1.165) is 16.3 Å². The number of nitrogens with one attached hydrogen (secondary N) is 1. The van der Waals surface area contributed by atoms with Crippen LogP contribution in [0.1, 0.15) is 5.56 Å². The molecule has 0 aliphatic carbocycles. The van der Waals surface area contributed by atoms with E-state index in [1.807, 2.05) is 42.5 Å². The molecule has 1 amide bonds. The molecule has 2 N–H and O–H groups in total. The number of amides is 1. The summed E-state index contributed by atoms with van der Waals surface area (Å²) in [6, 6.07) is 18.3. The highest BCUT2D eigenvalue weighted by atomic mass is 32.2. The quantitative estimate of drug-likeness (QED) is 0.663. The normalized spacial score (nSPS) is 16.9. The van der Waals surface area contributed by atoms with Gasteiger partial charge in [-0.1, -0.05) is 30.3 Å². The molecule has 134 valence electrons. The number of phenols is 1. The number of amidine groups is 1. The van der Waals surface area contributed by atoms with E-state index in [9.17, 15) is 9.90 Å². The number of hydrogen-bond acceptors (Lipinski definition) is 5. The first kappa shape index (κ1) is 17.2. The Bertz CT molecular complexity index is 1090. The van der Waals surface area contributed by atoms with Gasteiger partial charge in [-0.3, -0.25) is 4.79 Å². The number of fused-ring (bicyclic) bond motifs is 1. The highest BCUT2D eigenvalue weighted by Gasteiger charge is 2.24. The molecule has 6 heteroatoms. The molecule has 0 bridgehead atoms. The van der Waals surface area contributed by atoms with E-state index < -0.39 is 0 Å². The molecule has 1 aliphatic heterocycles. The number of phenolic OH excluding ortho intramolecular Hbond substituents is 1. The standard InChI is InChI=1S/C21H16N2O3S/c1-26-18-11-6-13-4-2-3-5-16(13)17(18)12-19-20(25)23-21(27-19)22-14-7-9-15(24)10-8-14/h2-12,24H,1H3,(H,22,23,25)/b19-12-. The Morgan fingerprint density at radius 3 is 2.63 bits per heavy atom. The van der Waals surface area contributed by atoms with Gasteiger partial charge in [0.05, 0.1) is 17.7 Å². The molecule has 27 heavy (non-hydrogen) atoms. The molecule has 1 aliphatic rings. The minimum Gasteiger partial charge on any atom is -0.508 e. The third-order valence-electron chi connectivity index (χ3n) is 4.16. The summed E-state index contributed by atoms with van der Waals surface area (Å²) in [5.74, 6) is 0.678. The molecular formula is C21H16N2O3S. The number of carbonyl (C=O) groups excluding carboxylic acids is 1. The fourth-order valence-electron chi connectivity index (χ4n) is 2.86. The SMILES string of the molecule is COc1ccc2ccccc2c1/C=C1\SC(=Nc2ccc(O)cc2)NC1=O. The molecule has 4 rings (SSSR count). The zero-order chi connectivity index (χ0) is 18.8. The summed E-state index contributed by atoms with van der Waals surface area (Å²) in [7, 11) is 1.62. The van der Waals surface area contributed by atoms with Crippen molar-refractivity contribution in [2.75, 3.05) is 7.11 Å². The lowest BCUT2D eigenvalue weighted by molar-refractivity contribution is -0.115. The van der Waals surface area contributed by atoms with E-state index in [0.29, 0.717) is 21.5 Å². The first-order chi connectivity index (χ1) is 13.1. The lowest BCUT2D eigenvalue weighted by atomic mass is 10.0. The number of aromatic hydroxyl groups is 1. The fourth-order valence-corrected chi connectivity index (χ4v) is 3.68. The van der Waals surface area contributed by atoms with Gasteiger partial charge in [0.15, 0.2) is 5.17 Å². The van der Waals surface area contributed by atoms with Crippen LogP contribution in [0.4, 0.5) is 5.69 Å². The van der Waals surface area contributed by atoms with Crippen LogP contribution in [0.3, 0.4) is 0 Å². The zero-order valence-electron chi connectivity index (χ0n) is 14.5. The number of ether oxygens (including phenoxy) is 1. The maximum absolute atomic E-state index is 12.4. The van der Waals surface area contributed by atoms with Crippen molar-refractivity contribution < 1.29 is 14.6 Å². The largest absolute Gasteiger partial charge is 0.508 e. The number of carbonyl (C=O) groups is 1. The first-order valence-electron chi connectivity index (χ1n) is 8.28. The topological polar surface area (TPSA) is 70.9 Å². The number of benzene rings is 3. The predicted molar refractivity (Wildman–Crippen MR) is 109 cm³/mol. The number of methoxy groups -OCH3 is 1. The van der Waals surface area contributed by atoms with Gasteiger partial charge in [-0.25, -0.2) is 4.99 Å². The average molecular weight is 376 g/mol. The second kappa shape index (κ2) is 7.17. The molecule has 1 heterocycles. The van der Waals surface area contributed by atoms with Gasteiger partial charge < -0.3 is 15.2 Å². The van der Waals surface area contributed by atoms with E-state index >= 15 is 0 Å². The summed E-state index contributed by atoms with van der Waals surface area (Å²) in [6.07, 6.45) is 1.83. The van der Waals surface area contributed by atoms with Crippen molar-refractivity contribution in [2.24, 2.45) is 4.99 Å². The highest BCUT2D eigenvalue weighted by Crippen LogP contribution is 2.34. The van der Waals surface area contributed by atoms with Crippen LogP contribution in [0.15, 0.2) is 70.6 Å². The van der Waals surface area contributed by atoms with Gasteiger partial charge in [-0.2, -0.15) is 0 Å². The van der Waals surface area contributed by atoms with Crippen LogP contribution < -0.4 is 10.1 Å². The Morgan fingerprint density at radius 1 is 1.07 bits per heavy atom. The summed E-state index contributed by atoms with van der Waals surface area (Å²) in [5, 5.41) is 14.7. The number of aliphatic imine (C=N–C) groups is 1. The molecule has 0 unspecified atom stereocenters. The maximum Gasteiger partial charge on any atom is 0.264 e. The Hall–Kier alpha value is -3.25. The molecule has 0 radical (unpaired) electrons. The molecule has 5 nitrogen and oxygen atoms in total. The smallest absolute Gasteiger partial charge is 0.264 e. The van der Waals surface area contributed by atoms with E-state index in [4.69, 9.17) is 4.74 Å². The summed E-state index contributed by atoms with van der Waals surface area (Å²) < 4.78 is 5.49. The number of hydrogen-bond donors (Lipinski definition) is 2. The van der Waals surface area contributed by atoms with Crippen LogP contribution in [0.2, 0.25) is 0 Å². The molecule has 0 atom stereocenters. The van der Waals surface area contributed by atoms with Crippen LogP contribution in [-0.4, -0.2) is 23.3 Å². The van der Waals surface area contributed by atoms with Crippen LogP contribution in [-0.2, 0) is 4.79 Å². The van der Waals surface area contributed by atoms with Crippen molar-refractivity contribution in [1.29, 1.82) is 0 Å². The summed E-state index contributed by atoms with van der Waals surface area (Å²) >= 11 is 1.27. The van der Waals surface area contributed by atoms with E-state index in [-0.39, 0.29) is 11.7 Å². The van der Waals surface area contributed by atoms with Gasteiger partial charge in [0.2, 0.25) is 0 Å². The van der Waals surface area contributed by atoms with Crippen LogP contribution in [0.25, 0.3) is 16.8 Å². The van der Waals surface area contributed by atoms with Gasteiger partial charge >= 0.3 is 0 Å². The number of rotatable bonds is 3. The Morgan fingerprint density at radius 2 is 1.85 bits per heavy atom. The molecule has 0 saturated carbocycles. The number of nitrogens with zero attached hydrogens (tertiary/aromatic N) is 1. The highest BCUT2D eigenvalue weighted by molar-refractivity contribution is 8.18. The van der Waals surface area contributed by atoms with Gasteiger partial charge in [-0.05, 0) is 58.9 Å². The molecule has 3 aromatic rings. The monoisotopic (exact) mass is 376 g/mol. The van der Waals surface area contributed by atoms with Crippen LogP contribution >= 0.6 is 11.8 Å². The summed E-state index contributed by atoms with van der Waals surface area (Å²) in [4.78, 5) is 17.4. The van der Waals surface area contributed by atoms with E-state index in [2.05, 4.69) is 10.3 Å². The van der Waals surface area contributed by atoms with Crippen LogP contribution in [0.5, 0.6) is 11.5 Å². The van der Waals surface area contributed by atoms with Crippen molar-refractivity contribution in [3.8, 4) is 11.5 Å². The van der Waals surface area contributed by atoms with Gasteiger partial charge in [0.1, 0.15) is 11.5 Å². The Kier molecular flexibility index (Phi) is 4.56. The maximum atomic E-state index is 12.4. The van der Waals surface area contributed by atoms with Gasteiger partial charge in [-0.15, -0.1) is 0 Å². The summed E-state index contributed by atoms with van der Waals surface area (Å²) in [6.45, 7) is 0. The Balaban J connectivity index is 1.72. The van der Waals surface area contributed by atoms with Crippen molar-refractivity contribution in [3.05, 3.63) is 71.1 Å². The fraction of sp³-hybridized carbons (Fsp3) is 0.0476. The van der Waals surface area contributed by atoms with Crippen molar-refractivity contribution in [3.63, 3.8) is 0 Å². The van der Waals surface area contributed by atoms with Crippen molar-refractivity contribution >= 4 is 45.4 Å². The second-order valence-corrected chi connectivity index (χ2v) is 6.93. The lowest BCUT2D eigenvalue weighted by Crippen LogP contribution is -2.19. The third-order valence-corrected chi connectivity index (χ3v) is 5.07.